The van der Waals surface area contributed by atoms with E-state index in [2.05, 4.69) is 12.2 Å². The molecule has 0 atom stereocenters. The second-order valence-corrected chi connectivity index (χ2v) is 8.99. The fourth-order valence-corrected chi connectivity index (χ4v) is 4.37. The number of nitrogens with zero attached hydrogens (tertiary/aromatic N) is 1. The van der Waals surface area contributed by atoms with E-state index in [0.717, 1.165) is 34.6 Å². The number of anilines is 1. The Labute approximate surface area is 205 Å². The third kappa shape index (κ3) is 4.90. The molecule has 2 heterocycles. The zero-order chi connectivity index (χ0) is 24.4. The zero-order valence-electron chi connectivity index (χ0n) is 20.0. The molecule has 0 unspecified atom stereocenters. The lowest BCUT2D eigenvalue weighted by atomic mass is 10.1. The maximum absolute atomic E-state index is 13.0. The number of carbonyl (C=O) groups excluding carboxylic acids is 2. The fourth-order valence-electron chi connectivity index (χ4n) is 4.37. The van der Waals surface area contributed by atoms with Crippen molar-refractivity contribution < 1.29 is 14.0 Å². The lowest BCUT2D eigenvalue weighted by molar-refractivity contribution is 0.0730. The number of aryl methyl sites for hydroxylation is 2. The first-order chi connectivity index (χ1) is 17.0. The monoisotopic (exact) mass is 464 g/mol. The first kappa shape index (κ1) is 22.7. The minimum absolute atomic E-state index is 0.0371. The number of hydrogen-bond donors (Lipinski definition) is 1. The maximum Gasteiger partial charge on any atom is 0.255 e. The summed E-state index contributed by atoms with van der Waals surface area (Å²) in [4.78, 5) is 27.5. The minimum Gasteiger partial charge on any atom is -0.461 e. The molecule has 3 aromatic carbocycles. The Morgan fingerprint density at radius 1 is 0.943 bits per heavy atom. The Kier molecular flexibility index (Phi) is 6.23. The normalized spacial score (nSPS) is 12.8. The second kappa shape index (κ2) is 9.63. The molecule has 0 radical (unpaired) electrons. The fraction of sp³-hybridized carbons (Fsp3) is 0.200. The molecule has 0 bridgehead atoms. The largest absolute Gasteiger partial charge is 0.461 e. The van der Waals surface area contributed by atoms with Crippen molar-refractivity contribution >= 4 is 17.5 Å². The van der Waals surface area contributed by atoms with E-state index in [1.165, 1.54) is 5.56 Å². The standard InChI is InChI=1S/C30H28N2O3/c1-3-21-9-13-22(14-10-21)29(33)31-26-6-4-5-24(17-26)28-18-25-19-32(16-15-27(25)35-28)30(34)23-11-7-20(2)8-12-23/h4-14,17-18H,3,15-16,19H2,1-2H3,(H,31,33). The molecule has 0 saturated heterocycles. The topological polar surface area (TPSA) is 62.6 Å². The maximum atomic E-state index is 13.0. The van der Waals surface area contributed by atoms with Crippen molar-refractivity contribution in [2.45, 2.75) is 33.2 Å². The number of carbonyl (C=O) groups is 2. The molecule has 1 aliphatic rings. The summed E-state index contributed by atoms with van der Waals surface area (Å²) < 4.78 is 6.16. The lowest BCUT2D eigenvalue weighted by Gasteiger charge is -2.26. The van der Waals surface area contributed by atoms with Crippen LogP contribution in [-0.2, 0) is 19.4 Å². The van der Waals surface area contributed by atoms with E-state index >= 15 is 0 Å². The van der Waals surface area contributed by atoms with Gasteiger partial charge in [0, 0.05) is 47.5 Å². The number of rotatable bonds is 5. The summed E-state index contributed by atoms with van der Waals surface area (Å²) in [5.74, 6) is 1.55. The van der Waals surface area contributed by atoms with Crippen molar-refractivity contribution in [3.8, 4) is 11.3 Å². The number of fused-ring (bicyclic) bond motifs is 1. The Hall–Kier alpha value is -4.12. The van der Waals surface area contributed by atoms with Crippen LogP contribution < -0.4 is 5.32 Å². The quantitative estimate of drug-likeness (QED) is 0.379. The summed E-state index contributed by atoms with van der Waals surface area (Å²) in [6, 6.07) is 25.0. The van der Waals surface area contributed by atoms with Gasteiger partial charge in [-0.25, -0.2) is 0 Å². The smallest absolute Gasteiger partial charge is 0.255 e. The van der Waals surface area contributed by atoms with Crippen molar-refractivity contribution in [2.24, 2.45) is 0 Å². The van der Waals surface area contributed by atoms with Crippen LogP contribution in [0.4, 0.5) is 5.69 Å². The summed E-state index contributed by atoms with van der Waals surface area (Å²) in [7, 11) is 0. The summed E-state index contributed by atoms with van der Waals surface area (Å²) in [6.07, 6.45) is 1.62. The van der Waals surface area contributed by atoms with Gasteiger partial charge >= 0.3 is 0 Å². The average Bonchev–Trinajstić information content (AvgIpc) is 3.32. The van der Waals surface area contributed by atoms with Crippen LogP contribution in [0.3, 0.4) is 0 Å². The highest BCUT2D eigenvalue weighted by molar-refractivity contribution is 6.04. The van der Waals surface area contributed by atoms with Gasteiger partial charge in [-0.15, -0.1) is 0 Å². The van der Waals surface area contributed by atoms with Crippen molar-refractivity contribution in [1.82, 2.24) is 4.90 Å². The number of amides is 2. The van der Waals surface area contributed by atoms with Crippen molar-refractivity contribution in [3.63, 3.8) is 0 Å². The van der Waals surface area contributed by atoms with Crippen LogP contribution in [0.1, 0.15) is 50.1 Å². The van der Waals surface area contributed by atoms with Gasteiger partial charge in [-0.1, -0.05) is 48.9 Å². The van der Waals surface area contributed by atoms with Crippen LogP contribution in [0.25, 0.3) is 11.3 Å². The third-order valence-electron chi connectivity index (χ3n) is 6.48. The second-order valence-electron chi connectivity index (χ2n) is 8.99. The molecule has 5 heteroatoms. The average molecular weight is 465 g/mol. The molecule has 0 aliphatic carbocycles. The van der Waals surface area contributed by atoms with E-state index in [9.17, 15) is 9.59 Å². The molecule has 35 heavy (non-hydrogen) atoms. The van der Waals surface area contributed by atoms with Gasteiger partial charge in [-0.2, -0.15) is 0 Å². The number of furan rings is 1. The van der Waals surface area contributed by atoms with E-state index in [1.54, 1.807) is 0 Å². The van der Waals surface area contributed by atoms with Gasteiger partial charge < -0.3 is 14.6 Å². The van der Waals surface area contributed by atoms with Crippen LogP contribution in [0.5, 0.6) is 0 Å². The number of benzene rings is 3. The molecule has 5 nitrogen and oxygen atoms in total. The first-order valence-corrected chi connectivity index (χ1v) is 12.0. The van der Waals surface area contributed by atoms with Gasteiger partial charge in [0.25, 0.3) is 11.8 Å². The Balaban J connectivity index is 1.30. The van der Waals surface area contributed by atoms with Crippen molar-refractivity contribution in [3.05, 3.63) is 112 Å². The van der Waals surface area contributed by atoms with E-state index in [0.29, 0.717) is 36.3 Å². The van der Waals surface area contributed by atoms with E-state index in [4.69, 9.17) is 4.42 Å². The highest BCUT2D eigenvalue weighted by Gasteiger charge is 2.25. The van der Waals surface area contributed by atoms with Crippen LogP contribution in [0, 0.1) is 6.92 Å². The van der Waals surface area contributed by atoms with Gasteiger partial charge in [0.2, 0.25) is 0 Å². The van der Waals surface area contributed by atoms with Gasteiger partial charge in [0.05, 0.1) is 0 Å². The summed E-state index contributed by atoms with van der Waals surface area (Å²) in [5, 5.41) is 2.98. The Morgan fingerprint density at radius 3 is 2.43 bits per heavy atom. The molecule has 1 aromatic heterocycles. The predicted molar refractivity (Wildman–Crippen MR) is 138 cm³/mol. The van der Waals surface area contributed by atoms with Crippen LogP contribution in [0.15, 0.2) is 83.3 Å². The summed E-state index contributed by atoms with van der Waals surface area (Å²) in [5.41, 5.74) is 6.28. The number of hydrogen-bond acceptors (Lipinski definition) is 3. The summed E-state index contributed by atoms with van der Waals surface area (Å²) >= 11 is 0. The van der Waals surface area contributed by atoms with Gasteiger partial charge in [0.15, 0.2) is 0 Å². The molecular weight excluding hydrogens is 436 g/mol. The zero-order valence-corrected chi connectivity index (χ0v) is 20.0. The van der Waals surface area contributed by atoms with Gasteiger partial charge in [0.1, 0.15) is 11.5 Å². The van der Waals surface area contributed by atoms with E-state index in [-0.39, 0.29) is 11.8 Å². The van der Waals surface area contributed by atoms with Crippen LogP contribution in [-0.4, -0.2) is 23.3 Å². The molecule has 1 aliphatic heterocycles. The Bertz CT molecular complexity index is 1370. The molecule has 2 amide bonds. The highest BCUT2D eigenvalue weighted by atomic mass is 16.3. The van der Waals surface area contributed by atoms with Gasteiger partial charge in [-0.3, -0.25) is 9.59 Å². The Morgan fingerprint density at radius 2 is 1.69 bits per heavy atom. The molecule has 5 rings (SSSR count). The van der Waals surface area contributed by atoms with E-state index < -0.39 is 0 Å². The van der Waals surface area contributed by atoms with Crippen molar-refractivity contribution in [1.29, 1.82) is 0 Å². The molecule has 0 fully saturated rings. The molecule has 4 aromatic rings. The highest BCUT2D eigenvalue weighted by Crippen LogP contribution is 2.31. The van der Waals surface area contributed by atoms with Gasteiger partial charge in [-0.05, 0) is 61.4 Å². The molecule has 1 N–H and O–H groups in total. The van der Waals surface area contributed by atoms with Crippen molar-refractivity contribution in [2.75, 3.05) is 11.9 Å². The predicted octanol–water partition coefficient (Wildman–Crippen LogP) is 6.27. The summed E-state index contributed by atoms with van der Waals surface area (Å²) in [6.45, 7) is 5.25. The molecule has 176 valence electrons. The SMILES string of the molecule is CCc1ccc(C(=O)Nc2cccc(-c3cc4c(o3)CCN(C(=O)c3ccc(C)cc3)C4)c2)cc1. The van der Waals surface area contributed by atoms with Crippen LogP contribution >= 0.6 is 0 Å². The lowest BCUT2D eigenvalue weighted by Crippen LogP contribution is -2.35. The first-order valence-electron chi connectivity index (χ1n) is 12.0. The third-order valence-corrected chi connectivity index (χ3v) is 6.48. The van der Waals surface area contributed by atoms with Crippen LogP contribution in [0.2, 0.25) is 0 Å². The minimum atomic E-state index is -0.145. The van der Waals surface area contributed by atoms with E-state index in [1.807, 2.05) is 90.7 Å². The molecule has 0 spiro atoms. The molecular formula is C30H28N2O3. The molecule has 0 saturated carbocycles. The number of nitrogens with one attached hydrogen (secondary N) is 1.